The van der Waals surface area contributed by atoms with E-state index < -0.39 is 18.5 Å². The molecule has 2 N–H and O–H groups in total. The highest BCUT2D eigenvalue weighted by molar-refractivity contribution is 6.32. The molecule has 0 saturated carbocycles. The van der Waals surface area contributed by atoms with Crippen molar-refractivity contribution in [3.05, 3.63) is 69.8 Å². The van der Waals surface area contributed by atoms with Gasteiger partial charge in [0.15, 0.2) is 6.61 Å². The number of benzene rings is 2. The second-order valence-corrected chi connectivity index (χ2v) is 6.97. The maximum absolute atomic E-state index is 12.1. The van der Waals surface area contributed by atoms with E-state index in [4.69, 9.17) is 16.3 Å². The molecule has 6 nitrogen and oxygen atoms in total. The number of rotatable bonds is 7. The standard InChI is InChI=1S/C22H23ClN2O4/c1-14-10-15(2)22(16(3)11-14)25-19(26)12-24-20(27)13-29-21(28)9-8-17-6-4-5-7-18(17)23/h4-11H,12-13H2,1-3H3,(H,24,27)(H,25,26)/b9-8+. The van der Waals surface area contributed by atoms with Crippen molar-refractivity contribution in [1.82, 2.24) is 5.32 Å². The lowest BCUT2D eigenvalue weighted by Crippen LogP contribution is -2.35. The first kappa shape index (κ1) is 22.2. The van der Waals surface area contributed by atoms with Crippen LogP contribution < -0.4 is 10.6 Å². The second-order valence-electron chi connectivity index (χ2n) is 6.56. The second kappa shape index (κ2) is 10.4. The van der Waals surface area contributed by atoms with Crippen LogP contribution in [0.3, 0.4) is 0 Å². The van der Waals surface area contributed by atoms with Gasteiger partial charge in [-0.25, -0.2) is 4.79 Å². The van der Waals surface area contributed by atoms with Gasteiger partial charge in [-0.2, -0.15) is 0 Å². The van der Waals surface area contributed by atoms with E-state index in [1.165, 1.54) is 12.2 Å². The molecule has 0 saturated heterocycles. The molecule has 0 aromatic heterocycles. The van der Waals surface area contributed by atoms with E-state index in [2.05, 4.69) is 10.6 Å². The summed E-state index contributed by atoms with van der Waals surface area (Å²) in [6.45, 7) is 5.09. The maximum Gasteiger partial charge on any atom is 0.331 e. The normalized spacial score (nSPS) is 10.6. The maximum atomic E-state index is 12.1. The number of aryl methyl sites for hydroxylation is 3. The molecule has 0 fully saturated rings. The molecule has 0 unspecified atom stereocenters. The first-order valence-electron chi connectivity index (χ1n) is 9.00. The largest absolute Gasteiger partial charge is 0.452 e. The number of anilines is 1. The summed E-state index contributed by atoms with van der Waals surface area (Å²) in [6, 6.07) is 10.9. The zero-order valence-electron chi connectivity index (χ0n) is 16.5. The van der Waals surface area contributed by atoms with Gasteiger partial charge in [0.1, 0.15) is 0 Å². The molecule has 7 heteroatoms. The number of nitrogens with one attached hydrogen (secondary N) is 2. The van der Waals surface area contributed by atoms with Crippen molar-refractivity contribution in [1.29, 1.82) is 0 Å². The molecule has 0 atom stereocenters. The third-order valence-electron chi connectivity index (χ3n) is 4.04. The van der Waals surface area contributed by atoms with Crippen LogP contribution in [0.15, 0.2) is 42.5 Å². The van der Waals surface area contributed by atoms with E-state index >= 15 is 0 Å². The summed E-state index contributed by atoms with van der Waals surface area (Å²) < 4.78 is 4.85. The number of hydrogen-bond acceptors (Lipinski definition) is 4. The molecule has 0 spiro atoms. The molecule has 0 aliphatic rings. The van der Waals surface area contributed by atoms with Gasteiger partial charge in [0.2, 0.25) is 5.91 Å². The van der Waals surface area contributed by atoms with Crippen LogP contribution in [0.25, 0.3) is 6.08 Å². The quantitative estimate of drug-likeness (QED) is 0.535. The summed E-state index contributed by atoms with van der Waals surface area (Å²) in [4.78, 5) is 35.6. The van der Waals surface area contributed by atoms with Crippen LogP contribution in [0.5, 0.6) is 0 Å². The molecule has 0 aliphatic heterocycles. The van der Waals surface area contributed by atoms with Crippen LogP contribution in [-0.2, 0) is 19.1 Å². The lowest BCUT2D eigenvalue weighted by Gasteiger charge is -2.13. The Labute approximate surface area is 174 Å². The van der Waals surface area contributed by atoms with Gasteiger partial charge >= 0.3 is 5.97 Å². The van der Waals surface area contributed by atoms with Crippen molar-refractivity contribution in [2.45, 2.75) is 20.8 Å². The third-order valence-corrected chi connectivity index (χ3v) is 4.38. The zero-order chi connectivity index (χ0) is 21.4. The first-order valence-corrected chi connectivity index (χ1v) is 9.38. The highest BCUT2D eigenvalue weighted by Crippen LogP contribution is 2.21. The van der Waals surface area contributed by atoms with Gasteiger partial charge in [-0.05, 0) is 49.6 Å². The minimum atomic E-state index is -0.685. The number of ether oxygens (including phenoxy) is 1. The summed E-state index contributed by atoms with van der Waals surface area (Å²) in [7, 11) is 0. The highest BCUT2D eigenvalue weighted by Gasteiger charge is 2.11. The highest BCUT2D eigenvalue weighted by atomic mass is 35.5. The van der Waals surface area contributed by atoms with Crippen LogP contribution in [0, 0.1) is 20.8 Å². The molecule has 0 aliphatic carbocycles. The van der Waals surface area contributed by atoms with Crippen molar-refractivity contribution < 1.29 is 19.1 Å². The van der Waals surface area contributed by atoms with Gasteiger partial charge in [0.05, 0.1) is 6.54 Å². The van der Waals surface area contributed by atoms with Gasteiger partial charge < -0.3 is 15.4 Å². The molecular formula is C22H23ClN2O4. The summed E-state index contributed by atoms with van der Waals surface area (Å²) in [5.74, 6) is -1.62. The Morgan fingerprint density at radius 1 is 1.03 bits per heavy atom. The summed E-state index contributed by atoms with van der Waals surface area (Å²) in [5.41, 5.74) is 4.39. The Balaban J connectivity index is 1.76. The van der Waals surface area contributed by atoms with Gasteiger partial charge in [-0.15, -0.1) is 0 Å². The molecule has 0 heterocycles. The molecule has 152 valence electrons. The third kappa shape index (κ3) is 7.08. The smallest absolute Gasteiger partial charge is 0.331 e. The average Bonchev–Trinajstić information content (AvgIpc) is 2.66. The fourth-order valence-corrected chi connectivity index (χ4v) is 2.94. The van der Waals surface area contributed by atoms with Crippen molar-refractivity contribution >= 4 is 41.1 Å². The van der Waals surface area contributed by atoms with E-state index in [1.54, 1.807) is 24.3 Å². The topological polar surface area (TPSA) is 84.5 Å². The fourth-order valence-electron chi connectivity index (χ4n) is 2.74. The van der Waals surface area contributed by atoms with Crippen molar-refractivity contribution in [3.63, 3.8) is 0 Å². The number of hydrogen-bond donors (Lipinski definition) is 2. The Kier molecular flexibility index (Phi) is 7.98. The Bertz CT molecular complexity index is 931. The summed E-state index contributed by atoms with van der Waals surface area (Å²) in [5, 5.41) is 5.70. The molecule has 29 heavy (non-hydrogen) atoms. The molecule has 0 radical (unpaired) electrons. The number of halogens is 1. The summed E-state index contributed by atoms with van der Waals surface area (Å²) >= 11 is 5.99. The van der Waals surface area contributed by atoms with Gasteiger partial charge in [-0.1, -0.05) is 47.5 Å². The SMILES string of the molecule is Cc1cc(C)c(NC(=O)CNC(=O)COC(=O)/C=C/c2ccccc2Cl)c(C)c1. The molecule has 2 aromatic carbocycles. The van der Waals surface area contributed by atoms with Gasteiger partial charge in [-0.3, -0.25) is 9.59 Å². The molecular weight excluding hydrogens is 392 g/mol. The monoisotopic (exact) mass is 414 g/mol. The lowest BCUT2D eigenvalue weighted by molar-refractivity contribution is -0.143. The van der Waals surface area contributed by atoms with Crippen molar-refractivity contribution in [3.8, 4) is 0 Å². The zero-order valence-corrected chi connectivity index (χ0v) is 17.3. The van der Waals surface area contributed by atoms with Gasteiger partial charge in [0, 0.05) is 16.8 Å². The first-order chi connectivity index (χ1) is 13.8. The molecule has 2 amide bonds. The van der Waals surface area contributed by atoms with Crippen LogP contribution in [0.1, 0.15) is 22.3 Å². The summed E-state index contributed by atoms with van der Waals surface area (Å²) in [6.07, 6.45) is 2.69. The lowest BCUT2D eigenvalue weighted by atomic mass is 10.1. The number of carbonyl (C=O) groups is 3. The minimum absolute atomic E-state index is 0.224. The van der Waals surface area contributed by atoms with E-state index in [-0.39, 0.29) is 12.5 Å². The van der Waals surface area contributed by atoms with Gasteiger partial charge in [0.25, 0.3) is 5.91 Å². The van der Waals surface area contributed by atoms with Crippen LogP contribution in [0.4, 0.5) is 5.69 Å². The Hall–Kier alpha value is -3.12. The van der Waals surface area contributed by atoms with Crippen molar-refractivity contribution in [2.24, 2.45) is 0 Å². The molecule has 2 rings (SSSR count). The Morgan fingerprint density at radius 2 is 1.69 bits per heavy atom. The number of carbonyl (C=O) groups excluding carboxylic acids is 3. The number of amides is 2. The molecule has 0 bridgehead atoms. The Morgan fingerprint density at radius 3 is 2.34 bits per heavy atom. The predicted octanol–water partition coefficient (Wildman–Crippen LogP) is 3.58. The van der Waals surface area contributed by atoms with E-state index in [1.807, 2.05) is 32.9 Å². The van der Waals surface area contributed by atoms with Crippen molar-refractivity contribution in [2.75, 3.05) is 18.5 Å². The van der Waals surface area contributed by atoms with E-state index in [0.29, 0.717) is 10.6 Å². The minimum Gasteiger partial charge on any atom is -0.452 e. The van der Waals surface area contributed by atoms with E-state index in [9.17, 15) is 14.4 Å². The number of esters is 1. The average molecular weight is 415 g/mol. The van der Waals surface area contributed by atoms with Crippen LogP contribution >= 0.6 is 11.6 Å². The predicted molar refractivity (Wildman–Crippen MR) is 114 cm³/mol. The van der Waals surface area contributed by atoms with E-state index in [0.717, 1.165) is 22.4 Å². The molecule has 2 aromatic rings. The fraction of sp³-hybridized carbons (Fsp3) is 0.227. The van der Waals surface area contributed by atoms with Crippen LogP contribution in [-0.4, -0.2) is 30.9 Å². The van der Waals surface area contributed by atoms with Crippen LogP contribution in [0.2, 0.25) is 5.02 Å².